The van der Waals surface area contributed by atoms with Gasteiger partial charge in [-0.25, -0.2) is 9.07 Å². The third kappa shape index (κ3) is 13.4. The molecule has 2 aromatic carbocycles. The predicted octanol–water partition coefficient (Wildman–Crippen LogP) is 5.15. The molecule has 1 atom stereocenters. The van der Waals surface area contributed by atoms with Crippen molar-refractivity contribution < 1.29 is 41.4 Å². The Morgan fingerprint density at radius 3 is 2.41 bits per heavy atom. The van der Waals surface area contributed by atoms with E-state index < -0.39 is 35.4 Å². The lowest BCUT2D eigenvalue weighted by Gasteiger charge is -2.19. The highest BCUT2D eigenvalue weighted by Gasteiger charge is 2.31. The van der Waals surface area contributed by atoms with Crippen molar-refractivity contribution in [3.8, 4) is 5.75 Å². The molecule has 0 aliphatic heterocycles. The largest absolute Gasteiger partial charge is 0.573 e. The number of anilines is 1. The second-order valence-corrected chi connectivity index (χ2v) is 12.7. The molecule has 2 heterocycles. The van der Waals surface area contributed by atoms with Gasteiger partial charge in [0.05, 0.1) is 19.2 Å². The summed E-state index contributed by atoms with van der Waals surface area (Å²) in [4.78, 5) is 49.8. The van der Waals surface area contributed by atoms with Gasteiger partial charge in [0.25, 0.3) is 11.5 Å². The number of amides is 2. The van der Waals surface area contributed by atoms with Crippen molar-refractivity contribution in [3.63, 3.8) is 0 Å². The third-order valence-electron chi connectivity index (χ3n) is 7.10. The maximum Gasteiger partial charge on any atom is 0.573 e. The van der Waals surface area contributed by atoms with E-state index in [4.69, 9.17) is 4.74 Å². The molecule has 272 valence electrons. The Labute approximate surface area is 290 Å². The zero-order chi connectivity index (χ0) is 37.2. The molecular formula is C35H38F4N6O6. The lowest BCUT2D eigenvalue weighted by atomic mass is 10.0. The summed E-state index contributed by atoms with van der Waals surface area (Å²) >= 11 is 0. The molecule has 0 spiro atoms. The summed E-state index contributed by atoms with van der Waals surface area (Å²) in [5.74, 6) is -1.74. The number of aromatic nitrogens is 4. The molecule has 0 aliphatic rings. The van der Waals surface area contributed by atoms with Crippen LogP contribution in [0.15, 0.2) is 77.9 Å². The smallest absolute Gasteiger partial charge is 0.460 e. The Kier molecular flexibility index (Phi) is 12.7. The molecule has 16 heteroatoms. The number of hydrogen-bond acceptors (Lipinski definition) is 8. The Morgan fingerprint density at radius 2 is 1.69 bits per heavy atom. The van der Waals surface area contributed by atoms with Gasteiger partial charge < -0.3 is 24.7 Å². The molecule has 0 aliphatic carbocycles. The molecule has 4 rings (SSSR count). The van der Waals surface area contributed by atoms with Crippen LogP contribution in [-0.2, 0) is 46.8 Å². The first-order chi connectivity index (χ1) is 24.0. The molecule has 2 N–H and O–H groups in total. The minimum absolute atomic E-state index is 0.0312. The van der Waals surface area contributed by atoms with Crippen molar-refractivity contribution >= 4 is 23.5 Å². The van der Waals surface area contributed by atoms with Crippen LogP contribution in [0.25, 0.3) is 0 Å². The molecule has 0 fully saturated rings. The van der Waals surface area contributed by atoms with E-state index in [-0.39, 0.29) is 62.2 Å². The topological polar surface area (TPSA) is 146 Å². The minimum Gasteiger partial charge on any atom is -0.460 e. The number of benzene rings is 2. The fourth-order valence-electron chi connectivity index (χ4n) is 4.89. The zero-order valence-electron chi connectivity index (χ0n) is 28.2. The van der Waals surface area contributed by atoms with Crippen LogP contribution in [-0.4, -0.2) is 55.5 Å². The molecule has 0 saturated heterocycles. The first-order valence-corrected chi connectivity index (χ1v) is 16.0. The second kappa shape index (κ2) is 16.9. The van der Waals surface area contributed by atoms with E-state index in [1.54, 1.807) is 32.9 Å². The molecule has 0 saturated carbocycles. The van der Waals surface area contributed by atoms with Gasteiger partial charge in [-0.1, -0.05) is 41.6 Å². The van der Waals surface area contributed by atoms with E-state index in [0.717, 1.165) is 27.9 Å². The van der Waals surface area contributed by atoms with Gasteiger partial charge in [0.2, 0.25) is 5.91 Å². The van der Waals surface area contributed by atoms with Crippen LogP contribution in [0, 0.1) is 0 Å². The molecule has 4 aromatic rings. The van der Waals surface area contributed by atoms with E-state index in [1.807, 2.05) is 12.1 Å². The SMILES string of the molecule is CC(C)(C)OC(=O)CCc1cccc(CC(=O)Nc2ccn(CCC(F)Cn3cc(C(=O)NCc4cccc(OC(F)(F)F)c4)nn3)c(=O)c2)c1. The number of esters is 1. The third-order valence-corrected chi connectivity index (χ3v) is 7.10. The molecular weight excluding hydrogens is 676 g/mol. The van der Waals surface area contributed by atoms with Crippen LogP contribution in [0.2, 0.25) is 0 Å². The summed E-state index contributed by atoms with van der Waals surface area (Å²) in [5, 5.41) is 12.7. The fraction of sp³-hybridized carbons (Fsp3) is 0.371. The summed E-state index contributed by atoms with van der Waals surface area (Å²) < 4.78 is 63.8. The van der Waals surface area contributed by atoms with Crippen molar-refractivity contribution in [2.45, 2.75) is 84.2 Å². The average molecular weight is 715 g/mol. The molecule has 2 aromatic heterocycles. The molecule has 0 radical (unpaired) electrons. The number of ether oxygens (including phenoxy) is 2. The first kappa shape index (κ1) is 38.3. The predicted molar refractivity (Wildman–Crippen MR) is 177 cm³/mol. The standard InChI is InChI=1S/C35H38F4N6O6/c1-34(2,3)51-32(48)11-10-23-6-4-7-24(16-23)18-30(46)41-27-13-15-44(31(47)19-27)14-12-26(36)21-45-22-29(42-43-45)33(49)40-20-25-8-5-9-28(17-25)50-35(37,38)39/h4-9,13,15-17,19,22,26H,10-12,14,18,20-21H2,1-3H3,(H,40,49)(H,41,46). The minimum atomic E-state index is -4.85. The van der Waals surface area contributed by atoms with Crippen LogP contribution < -0.4 is 20.9 Å². The normalized spacial score (nSPS) is 12.2. The van der Waals surface area contributed by atoms with Crippen molar-refractivity contribution in [1.82, 2.24) is 24.9 Å². The monoisotopic (exact) mass is 714 g/mol. The van der Waals surface area contributed by atoms with Crippen molar-refractivity contribution in [2.75, 3.05) is 5.32 Å². The maximum absolute atomic E-state index is 14.8. The number of carbonyl (C=O) groups is 3. The van der Waals surface area contributed by atoms with Gasteiger partial charge in [-0.2, -0.15) is 0 Å². The number of rotatable bonds is 15. The van der Waals surface area contributed by atoms with E-state index in [9.17, 15) is 36.7 Å². The van der Waals surface area contributed by atoms with Crippen molar-refractivity contribution in [2.24, 2.45) is 0 Å². The van der Waals surface area contributed by atoms with Crippen molar-refractivity contribution in [1.29, 1.82) is 0 Å². The lowest BCUT2D eigenvalue weighted by molar-refractivity contribution is -0.274. The highest BCUT2D eigenvalue weighted by atomic mass is 19.4. The summed E-state index contributed by atoms with van der Waals surface area (Å²) in [7, 11) is 0. The Morgan fingerprint density at radius 1 is 0.961 bits per heavy atom. The number of nitrogens with zero attached hydrogens (tertiary/aromatic N) is 4. The second-order valence-electron chi connectivity index (χ2n) is 12.7. The van der Waals surface area contributed by atoms with Crippen LogP contribution >= 0.6 is 0 Å². The van der Waals surface area contributed by atoms with E-state index >= 15 is 0 Å². The fourth-order valence-corrected chi connectivity index (χ4v) is 4.89. The molecule has 12 nitrogen and oxygen atoms in total. The van der Waals surface area contributed by atoms with Gasteiger partial charge in [0, 0.05) is 37.5 Å². The summed E-state index contributed by atoms with van der Waals surface area (Å²) in [6.07, 6.45) is -2.96. The van der Waals surface area contributed by atoms with Crippen LogP contribution in [0.4, 0.5) is 23.2 Å². The summed E-state index contributed by atoms with van der Waals surface area (Å²) in [6.45, 7) is 5.08. The number of aryl methyl sites for hydroxylation is 2. The summed E-state index contributed by atoms with van der Waals surface area (Å²) in [5.41, 5.74) is 1.13. The number of nitrogens with one attached hydrogen (secondary N) is 2. The number of carbonyl (C=O) groups excluding carboxylic acids is 3. The number of alkyl halides is 4. The maximum atomic E-state index is 14.8. The van der Waals surface area contributed by atoms with Gasteiger partial charge in [-0.15, -0.1) is 18.3 Å². The molecule has 51 heavy (non-hydrogen) atoms. The van der Waals surface area contributed by atoms with Crippen molar-refractivity contribution in [3.05, 3.63) is 106 Å². The van der Waals surface area contributed by atoms with Gasteiger partial charge in [-0.05, 0) is 68.5 Å². The van der Waals surface area contributed by atoms with Gasteiger partial charge in [0.15, 0.2) is 5.69 Å². The lowest BCUT2D eigenvalue weighted by Crippen LogP contribution is -2.24. The first-order valence-electron chi connectivity index (χ1n) is 16.0. The van der Waals surface area contributed by atoms with E-state index in [2.05, 4.69) is 25.7 Å². The van der Waals surface area contributed by atoms with Gasteiger partial charge in [-0.3, -0.25) is 19.2 Å². The number of halogens is 4. The van der Waals surface area contributed by atoms with E-state index in [1.165, 1.54) is 41.2 Å². The van der Waals surface area contributed by atoms with Gasteiger partial charge in [0.1, 0.15) is 17.5 Å². The zero-order valence-corrected chi connectivity index (χ0v) is 28.2. The number of hydrogen-bond donors (Lipinski definition) is 2. The molecule has 0 bridgehead atoms. The van der Waals surface area contributed by atoms with Crippen LogP contribution in [0.1, 0.15) is 60.8 Å². The van der Waals surface area contributed by atoms with E-state index in [0.29, 0.717) is 12.0 Å². The average Bonchev–Trinajstić information content (AvgIpc) is 3.49. The quantitative estimate of drug-likeness (QED) is 0.127. The Bertz CT molecular complexity index is 1880. The highest BCUT2D eigenvalue weighted by Crippen LogP contribution is 2.23. The Balaban J connectivity index is 1.21. The number of pyridine rings is 1. The molecule has 1 unspecified atom stereocenters. The summed E-state index contributed by atoms with van der Waals surface area (Å²) in [6, 6.07) is 15.2. The Hall–Kier alpha value is -5.54. The van der Waals surface area contributed by atoms with Crippen LogP contribution in [0.3, 0.4) is 0 Å². The molecule has 2 amide bonds. The van der Waals surface area contributed by atoms with Crippen LogP contribution in [0.5, 0.6) is 5.75 Å². The van der Waals surface area contributed by atoms with Gasteiger partial charge >= 0.3 is 12.3 Å². The highest BCUT2D eigenvalue weighted by molar-refractivity contribution is 5.92.